The molecule has 7 rings (SSSR count). The van der Waals surface area contributed by atoms with Crippen LogP contribution in [0.1, 0.15) is 127 Å². The van der Waals surface area contributed by atoms with Gasteiger partial charge in [0.1, 0.15) is 66.3 Å². The molecule has 3 aromatic carbocycles. The number of alkyl carbamates (subject to hydrolysis) is 1. The fraction of sp³-hybridized carbons (Fsp3) is 0.441. The summed E-state index contributed by atoms with van der Waals surface area (Å²) in [6, 6.07) is 2.66. The number of aliphatic carboxylic acids is 1. The Balaban J connectivity index is 0.902. The number of anilines is 1. The van der Waals surface area contributed by atoms with Crippen LogP contribution >= 0.6 is 0 Å². The molecule has 0 bridgehead atoms. The molecular formula is C59H68N8O23. The number of carboxylic acid groups (broad SMARTS) is 1. The number of phenols is 2. The largest absolute Gasteiger partial charge is 0.507 e. The lowest BCUT2D eigenvalue weighted by Crippen LogP contribution is -2.57. The van der Waals surface area contributed by atoms with E-state index in [-0.39, 0.29) is 66.1 Å². The number of fused-ring (bicyclic) bond motifs is 3. The summed E-state index contributed by atoms with van der Waals surface area (Å²) < 4.78 is 22.9. The maximum atomic E-state index is 14.1. The monoisotopic (exact) mass is 1260 g/mol. The fourth-order valence-corrected chi connectivity index (χ4v) is 10.6. The summed E-state index contributed by atoms with van der Waals surface area (Å²) in [6.45, 7) is 2.47. The van der Waals surface area contributed by atoms with Gasteiger partial charge in [0.15, 0.2) is 17.9 Å². The van der Waals surface area contributed by atoms with Crippen LogP contribution in [0.5, 0.6) is 17.2 Å². The van der Waals surface area contributed by atoms with Gasteiger partial charge in [0, 0.05) is 66.8 Å². The number of unbranched alkanes of at least 4 members (excludes halogenated alkanes) is 2. The molecule has 31 nitrogen and oxygen atoms in total. The van der Waals surface area contributed by atoms with Crippen molar-refractivity contribution in [2.75, 3.05) is 25.6 Å². The number of carboxylic acids is 1. The topological polar surface area (TPSA) is 482 Å². The number of hydrogen-bond acceptors (Lipinski definition) is 22. The van der Waals surface area contributed by atoms with Crippen LogP contribution < -0.4 is 42.4 Å². The predicted octanol–water partition coefficient (Wildman–Crippen LogP) is -1.28. The maximum absolute atomic E-state index is 14.1. The SMILES string of the molecule is COc1cccc2c1C(=O)c1c(O)c3c(c(O)c1C2=O)C[C@@](O)(C(=O)CO)C[C@@H]3O[C@H]1C[C@H](NC(=O)OCc2ccc(NC(=O)[C@@H](CC(N)=O)NC(=O)[C@@H](C)NC(=O)[C@@H](C)NC(=O)C(CC(=O)O)NC(=O)CCCCCN3C(=O)C=CC3=O)cc2)[C@H](O)[C@H](C)O1. The Bertz CT molecular complexity index is 3410. The van der Waals surface area contributed by atoms with Crippen LogP contribution in [0.15, 0.2) is 54.6 Å². The van der Waals surface area contributed by atoms with Gasteiger partial charge in [-0.3, -0.25) is 62.4 Å². The van der Waals surface area contributed by atoms with Crippen molar-refractivity contribution >= 4 is 82.4 Å². The molecule has 31 heteroatoms. The van der Waals surface area contributed by atoms with E-state index in [1.807, 2.05) is 0 Å². The molecule has 10 atom stereocenters. The van der Waals surface area contributed by atoms with Crippen molar-refractivity contribution in [3.05, 3.63) is 93.6 Å². The van der Waals surface area contributed by atoms with E-state index in [0.29, 0.717) is 18.4 Å². The fourth-order valence-electron chi connectivity index (χ4n) is 10.6. The molecule has 0 spiro atoms. The molecule has 2 aliphatic heterocycles. The third kappa shape index (κ3) is 15.8. The first-order valence-corrected chi connectivity index (χ1v) is 28.4. The number of hydrogen-bond donors (Lipinski definition) is 13. The molecule has 0 radical (unpaired) electrons. The molecule has 2 aliphatic carbocycles. The number of methoxy groups -OCH3 is 1. The molecule has 9 amide bonds. The summed E-state index contributed by atoms with van der Waals surface area (Å²) in [5.41, 5.74) is 1.26. The second-order valence-electron chi connectivity index (χ2n) is 21.9. The first kappa shape index (κ1) is 67.8. The van der Waals surface area contributed by atoms with E-state index in [1.165, 1.54) is 70.3 Å². The number of aliphatic hydroxyl groups is 3. The second-order valence-corrected chi connectivity index (χ2v) is 21.9. The number of phenolic OH excluding ortho intramolecular Hbond substituents is 2. The smallest absolute Gasteiger partial charge is 0.407 e. The number of benzene rings is 3. The normalized spacial score (nSPS) is 21.2. The van der Waals surface area contributed by atoms with Crippen LogP contribution in [0.2, 0.25) is 0 Å². The number of carbonyl (C=O) groups is 13. The molecule has 3 aromatic rings. The Morgan fingerprint density at radius 2 is 1.42 bits per heavy atom. The lowest BCUT2D eigenvalue weighted by Gasteiger charge is -2.42. The van der Waals surface area contributed by atoms with Gasteiger partial charge < -0.3 is 87.2 Å². The Labute approximate surface area is 512 Å². The van der Waals surface area contributed by atoms with Crippen molar-refractivity contribution in [3.8, 4) is 17.2 Å². The molecule has 4 aliphatic rings. The average molecular weight is 1260 g/mol. The number of aromatic hydroxyl groups is 2. The Morgan fingerprint density at radius 3 is 2.06 bits per heavy atom. The highest BCUT2D eigenvalue weighted by Crippen LogP contribution is 2.52. The molecule has 2 heterocycles. The Hall–Kier alpha value is -9.69. The lowest BCUT2D eigenvalue weighted by molar-refractivity contribution is -0.249. The van der Waals surface area contributed by atoms with Crippen molar-refractivity contribution in [3.63, 3.8) is 0 Å². The second kappa shape index (κ2) is 29.1. The van der Waals surface area contributed by atoms with Crippen molar-refractivity contribution in [2.45, 2.75) is 146 Å². The number of nitrogens with zero attached hydrogens (tertiary/aromatic N) is 1. The van der Waals surface area contributed by atoms with Gasteiger partial charge in [-0.15, -0.1) is 0 Å². The zero-order valence-electron chi connectivity index (χ0n) is 49.0. The Kier molecular flexibility index (Phi) is 21.9. The zero-order chi connectivity index (χ0) is 66.1. The van der Waals surface area contributed by atoms with E-state index in [0.717, 1.165) is 17.1 Å². The summed E-state index contributed by atoms with van der Waals surface area (Å²) in [7, 11) is 1.26. The number of aliphatic hydroxyl groups excluding tert-OH is 2. The van der Waals surface area contributed by atoms with Crippen LogP contribution in [0.25, 0.3) is 0 Å². The van der Waals surface area contributed by atoms with Gasteiger partial charge in [0.25, 0.3) is 11.8 Å². The highest BCUT2D eigenvalue weighted by atomic mass is 16.7. The standard InChI is InChI=1S/C59H68N8O23/c1-26(62-56(83)35(20-43(74)75)64-40(71)11-6-5-7-18-67-41(72)16-17-42(67)73)54(81)61-27(2)55(82)65-34(19-39(60)70)57(84)63-30-14-12-29(13-15-30)25-88-58(85)66-33-21-44(89-28(3)49(33)76)90-37-23-59(86,38(69)24-68)22-32-46(37)53(80)48-47(51(32)78)50(77)31-9-8-10-36(87-4)45(31)52(48)79/h8-10,12-17,26-28,33-35,37,44,49,68,76,78,80,86H,5-7,11,18-25H2,1-4H3,(H2,60,70)(H,61,81)(H,62,83)(H,63,84)(H,64,71)(H,65,82)(H,66,85)(H,74,75)/t26-,27-,28+,33+,34-,35?,37+,44+,49-,59+/m1/s1. The van der Waals surface area contributed by atoms with Gasteiger partial charge >= 0.3 is 12.1 Å². The van der Waals surface area contributed by atoms with E-state index >= 15 is 0 Å². The highest BCUT2D eigenvalue weighted by Gasteiger charge is 2.51. The van der Waals surface area contributed by atoms with Crippen molar-refractivity contribution in [1.82, 2.24) is 31.5 Å². The minimum atomic E-state index is -2.45. The zero-order valence-corrected chi connectivity index (χ0v) is 49.0. The number of ketones is 3. The first-order chi connectivity index (χ1) is 42.5. The number of nitrogens with two attached hydrogens (primary N) is 1. The highest BCUT2D eigenvalue weighted by molar-refractivity contribution is 6.31. The first-order valence-electron chi connectivity index (χ1n) is 28.4. The van der Waals surface area contributed by atoms with Gasteiger partial charge in [-0.25, -0.2) is 4.79 Å². The van der Waals surface area contributed by atoms with E-state index in [9.17, 15) is 93.0 Å². The Morgan fingerprint density at radius 1 is 0.789 bits per heavy atom. The van der Waals surface area contributed by atoms with E-state index in [1.54, 1.807) is 0 Å². The summed E-state index contributed by atoms with van der Waals surface area (Å²) in [6.07, 6.45) is -6.55. The van der Waals surface area contributed by atoms with Crippen molar-refractivity contribution in [1.29, 1.82) is 0 Å². The van der Waals surface area contributed by atoms with Crippen LogP contribution in [0.3, 0.4) is 0 Å². The van der Waals surface area contributed by atoms with Crippen LogP contribution in [-0.4, -0.2) is 187 Å². The molecule has 1 unspecified atom stereocenters. The van der Waals surface area contributed by atoms with Gasteiger partial charge in [-0.05, 0) is 57.4 Å². The lowest BCUT2D eigenvalue weighted by atomic mass is 9.72. The number of primary amides is 1. The summed E-state index contributed by atoms with van der Waals surface area (Å²) in [4.78, 5) is 168. The van der Waals surface area contributed by atoms with Crippen molar-refractivity contribution in [2.24, 2.45) is 5.73 Å². The molecule has 0 aromatic heterocycles. The average Bonchev–Trinajstić information content (AvgIpc) is 0.772. The predicted molar refractivity (Wildman–Crippen MR) is 305 cm³/mol. The number of nitrogens with one attached hydrogen (secondary N) is 6. The number of amides is 9. The van der Waals surface area contributed by atoms with Crippen molar-refractivity contribution < 1.29 is 112 Å². The number of carbonyl (C=O) groups excluding carboxylic acids is 12. The summed E-state index contributed by atoms with van der Waals surface area (Å²) in [5.74, 6) is -12.4. The van der Waals surface area contributed by atoms with E-state index < -0.39 is 192 Å². The maximum Gasteiger partial charge on any atom is 0.407 e. The van der Waals surface area contributed by atoms with Crippen LogP contribution in [-0.2, 0) is 75.2 Å². The van der Waals surface area contributed by atoms with Gasteiger partial charge in [0.05, 0.1) is 54.9 Å². The van der Waals surface area contributed by atoms with Gasteiger partial charge in [0.2, 0.25) is 41.2 Å². The van der Waals surface area contributed by atoms with Crippen LogP contribution in [0, 0.1) is 0 Å². The minimum absolute atomic E-state index is 0.000231. The third-order valence-corrected chi connectivity index (χ3v) is 15.4. The third-order valence-electron chi connectivity index (χ3n) is 15.4. The van der Waals surface area contributed by atoms with Crippen LogP contribution in [0.4, 0.5) is 10.5 Å². The quantitative estimate of drug-likeness (QED) is 0.0188. The number of Topliss-reactive ketones (excluding diaryl/α,β-unsaturated/α-hetero) is 1. The molecule has 482 valence electrons. The number of imide groups is 1. The number of ether oxygens (including phenoxy) is 4. The van der Waals surface area contributed by atoms with E-state index in [4.69, 9.17) is 24.7 Å². The molecule has 1 fully saturated rings. The minimum Gasteiger partial charge on any atom is -0.507 e. The van der Waals surface area contributed by atoms with Gasteiger partial charge in [-0.2, -0.15) is 0 Å². The summed E-state index contributed by atoms with van der Waals surface area (Å²) in [5, 5.41) is 79.9. The molecule has 90 heavy (non-hydrogen) atoms. The molecule has 14 N–H and O–H groups in total. The number of rotatable bonds is 27. The van der Waals surface area contributed by atoms with Gasteiger partial charge in [-0.1, -0.05) is 30.7 Å². The van der Waals surface area contributed by atoms with E-state index in [2.05, 4.69) is 31.9 Å². The molecule has 1 saturated heterocycles. The molecular weight excluding hydrogens is 1190 g/mol. The molecule has 0 saturated carbocycles. The summed E-state index contributed by atoms with van der Waals surface area (Å²) >= 11 is 0.